The molecule has 8 heteroatoms. The maximum atomic E-state index is 12.0. The zero-order chi connectivity index (χ0) is 13.8. The van der Waals surface area contributed by atoms with Crippen LogP contribution in [0.2, 0.25) is 0 Å². The van der Waals surface area contributed by atoms with Gasteiger partial charge in [0, 0.05) is 13.5 Å². The van der Waals surface area contributed by atoms with Crippen LogP contribution < -0.4 is 5.32 Å². The lowest BCUT2D eigenvalue weighted by molar-refractivity contribution is -0.143. The lowest BCUT2D eigenvalue weighted by Gasteiger charge is -2.32. The number of rotatable bonds is 3. The Hall–Kier alpha value is -2.12. The number of carboxylic acids is 1. The number of hydrogen-bond acceptors (Lipinski definition) is 5. The summed E-state index contributed by atoms with van der Waals surface area (Å²) >= 11 is 0. The Bertz CT molecular complexity index is 473. The van der Waals surface area contributed by atoms with Gasteiger partial charge >= 0.3 is 12.0 Å². The average Bonchev–Trinajstić information content (AvgIpc) is 2.81. The van der Waals surface area contributed by atoms with Gasteiger partial charge in [-0.25, -0.2) is 9.59 Å². The van der Waals surface area contributed by atoms with Crippen LogP contribution >= 0.6 is 0 Å². The lowest BCUT2D eigenvalue weighted by atomic mass is 10.0. The molecule has 1 saturated heterocycles. The van der Waals surface area contributed by atoms with Gasteiger partial charge < -0.3 is 19.8 Å². The minimum atomic E-state index is -0.967. The standard InChI is InChI=1S/C11H16N4O4/c1-7-13-9(14-19-7)6-12-11(18)15-5-3-2-4-8(15)10(16)17/h8H,2-6H2,1H3,(H,12,18)(H,16,17). The molecule has 2 rings (SSSR count). The van der Waals surface area contributed by atoms with Gasteiger partial charge in [-0.15, -0.1) is 0 Å². The molecule has 0 radical (unpaired) electrons. The number of amides is 2. The average molecular weight is 268 g/mol. The van der Waals surface area contributed by atoms with E-state index in [0.29, 0.717) is 24.7 Å². The first kappa shape index (κ1) is 13.3. The van der Waals surface area contributed by atoms with Gasteiger partial charge in [0.15, 0.2) is 5.82 Å². The normalized spacial score (nSPS) is 19.2. The highest BCUT2D eigenvalue weighted by Crippen LogP contribution is 2.17. The van der Waals surface area contributed by atoms with Crippen LogP contribution in [-0.2, 0) is 11.3 Å². The summed E-state index contributed by atoms with van der Waals surface area (Å²) in [5, 5.41) is 15.3. The molecule has 2 amide bonds. The van der Waals surface area contributed by atoms with Gasteiger partial charge in [-0.05, 0) is 19.3 Å². The Morgan fingerprint density at radius 2 is 2.32 bits per heavy atom. The van der Waals surface area contributed by atoms with E-state index in [-0.39, 0.29) is 6.54 Å². The smallest absolute Gasteiger partial charge is 0.326 e. The van der Waals surface area contributed by atoms with Gasteiger partial charge in [0.2, 0.25) is 5.89 Å². The van der Waals surface area contributed by atoms with E-state index < -0.39 is 18.0 Å². The monoisotopic (exact) mass is 268 g/mol. The van der Waals surface area contributed by atoms with E-state index in [9.17, 15) is 9.59 Å². The van der Waals surface area contributed by atoms with Crippen LogP contribution in [0.1, 0.15) is 31.0 Å². The minimum absolute atomic E-state index is 0.124. The van der Waals surface area contributed by atoms with Crippen molar-refractivity contribution in [3.63, 3.8) is 0 Å². The molecule has 2 N–H and O–H groups in total. The molecule has 0 saturated carbocycles. The third-order valence-electron chi connectivity index (χ3n) is 3.02. The number of aromatic nitrogens is 2. The first-order chi connectivity index (χ1) is 9.08. The number of aryl methyl sites for hydroxylation is 1. The molecule has 1 aliphatic rings. The van der Waals surface area contributed by atoms with E-state index in [4.69, 9.17) is 9.63 Å². The highest BCUT2D eigenvalue weighted by molar-refractivity contribution is 5.82. The summed E-state index contributed by atoms with van der Waals surface area (Å²) in [7, 11) is 0. The molecule has 1 unspecified atom stereocenters. The maximum Gasteiger partial charge on any atom is 0.326 e. The summed E-state index contributed by atoms with van der Waals surface area (Å²) in [6.45, 7) is 2.23. The molecule has 1 aromatic rings. The summed E-state index contributed by atoms with van der Waals surface area (Å²) in [5.74, 6) is -0.175. The van der Waals surface area contributed by atoms with Gasteiger partial charge in [0.1, 0.15) is 6.04 Å². The third kappa shape index (κ3) is 3.21. The molecule has 104 valence electrons. The first-order valence-electron chi connectivity index (χ1n) is 6.14. The molecule has 2 heterocycles. The van der Waals surface area contributed by atoms with Crippen LogP contribution in [0.25, 0.3) is 0 Å². The van der Waals surface area contributed by atoms with Crippen molar-refractivity contribution >= 4 is 12.0 Å². The molecule has 19 heavy (non-hydrogen) atoms. The van der Waals surface area contributed by atoms with Gasteiger partial charge in [0.25, 0.3) is 0 Å². The van der Waals surface area contributed by atoms with Crippen LogP contribution in [-0.4, -0.2) is 44.7 Å². The Labute approximate surface area is 109 Å². The van der Waals surface area contributed by atoms with Gasteiger partial charge in [-0.2, -0.15) is 4.98 Å². The second kappa shape index (κ2) is 5.68. The quantitative estimate of drug-likeness (QED) is 0.827. The molecule has 8 nitrogen and oxygen atoms in total. The molecule has 0 bridgehead atoms. The van der Waals surface area contributed by atoms with Crippen molar-refractivity contribution in [3.8, 4) is 0 Å². The van der Waals surface area contributed by atoms with Crippen molar-refractivity contribution < 1.29 is 19.2 Å². The summed E-state index contributed by atoms with van der Waals surface area (Å²) in [6.07, 6.45) is 2.13. The Balaban J connectivity index is 1.92. The summed E-state index contributed by atoms with van der Waals surface area (Å²) < 4.78 is 4.78. The highest BCUT2D eigenvalue weighted by atomic mass is 16.5. The molecule has 1 aliphatic heterocycles. The highest BCUT2D eigenvalue weighted by Gasteiger charge is 2.31. The zero-order valence-corrected chi connectivity index (χ0v) is 10.6. The van der Waals surface area contributed by atoms with E-state index >= 15 is 0 Å². The number of carbonyl (C=O) groups excluding carboxylic acids is 1. The Morgan fingerprint density at radius 3 is 2.95 bits per heavy atom. The Morgan fingerprint density at radius 1 is 1.53 bits per heavy atom. The van der Waals surface area contributed by atoms with E-state index in [1.54, 1.807) is 6.92 Å². The van der Waals surface area contributed by atoms with E-state index in [1.165, 1.54) is 4.90 Å². The fourth-order valence-corrected chi connectivity index (χ4v) is 2.10. The number of carbonyl (C=O) groups is 2. The van der Waals surface area contributed by atoms with Gasteiger partial charge in [0.05, 0.1) is 6.54 Å². The number of urea groups is 1. The molecule has 1 atom stereocenters. The van der Waals surface area contributed by atoms with Crippen LogP contribution in [0, 0.1) is 6.92 Å². The van der Waals surface area contributed by atoms with Crippen molar-refractivity contribution in [1.29, 1.82) is 0 Å². The number of carboxylic acid groups (broad SMARTS) is 1. The van der Waals surface area contributed by atoms with Gasteiger partial charge in [-0.3, -0.25) is 0 Å². The van der Waals surface area contributed by atoms with Crippen molar-refractivity contribution in [2.45, 2.75) is 38.8 Å². The number of likely N-dealkylation sites (tertiary alicyclic amines) is 1. The zero-order valence-electron chi connectivity index (χ0n) is 10.6. The molecule has 1 aromatic heterocycles. The molecule has 1 fully saturated rings. The second-order valence-corrected chi connectivity index (χ2v) is 4.43. The predicted molar refractivity (Wildman–Crippen MR) is 63.3 cm³/mol. The molecular formula is C11H16N4O4. The minimum Gasteiger partial charge on any atom is -0.480 e. The Kier molecular flexibility index (Phi) is 3.98. The molecule has 0 aromatic carbocycles. The predicted octanol–water partition coefficient (Wildman–Crippen LogP) is 0.527. The molecule has 0 spiro atoms. The lowest BCUT2D eigenvalue weighted by Crippen LogP contribution is -2.51. The van der Waals surface area contributed by atoms with Crippen molar-refractivity contribution in [1.82, 2.24) is 20.4 Å². The summed E-state index contributed by atoms with van der Waals surface area (Å²) in [5.41, 5.74) is 0. The largest absolute Gasteiger partial charge is 0.480 e. The number of nitrogens with one attached hydrogen (secondary N) is 1. The van der Waals surface area contributed by atoms with E-state index in [2.05, 4.69) is 15.5 Å². The summed E-state index contributed by atoms with van der Waals surface area (Å²) in [6, 6.07) is -1.16. The SMILES string of the molecule is Cc1nc(CNC(=O)N2CCCCC2C(=O)O)no1. The van der Waals surface area contributed by atoms with Crippen LogP contribution in [0.4, 0.5) is 4.79 Å². The van der Waals surface area contributed by atoms with Gasteiger partial charge in [-0.1, -0.05) is 5.16 Å². The van der Waals surface area contributed by atoms with Crippen LogP contribution in [0.5, 0.6) is 0 Å². The molecular weight excluding hydrogens is 252 g/mol. The van der Waals surface area contributed by atoms with Crippen LogP contribution in [0.15, 0.2) is 4.52 Å². The fourth-order valence-electron chi connectivity index (χ4n) is 2.10. The number of hydrogen-bond donors (Lipinski definition) is 2. The first-order valence-corrected chi connectivity index (χ1v) is 6.14. The molecule has 0 aliphatic carbocycles. The third-order valence-corrected chi connectivity index (χ3v) is 3.02. The van der Waals surface area contributed by atoms with E-state index in [1.807, 2.05) is 0 Å². The fraction of sp³-hybridized carbons (Fsp3) is 0.636. The van der Waals surface area contributed by atoms with Crippen molar-refractivity contribution in [2.24, 2.45) is 0 Å². The van der Waals surface area contributed by atoms with Crippen molar-refractivity contribution in [2.75, 3.05) is 6.54 Å². The second-order valence-electron chi connectivity index (χ2n) is 4.43. The topological polar surface area (TPSA) is 109 Å². The van der Waals surface area contributed by atoms with Crippen LogP contribution in [0.3, 0.4) is 0 Å². The maximum absolute atomic E-state index is 12.0. The van der Waals surface area contributed by atoms with E-state index in [0.717, 1.165) is 12.8 Å². The summed E-state index contributed by atoms with van der Waals surface area (Å²) in [4.78, 5) is 28.3. The number of nitrogens with zero attached hydrogens (tertiary/aromatic N) is 3. The number of aliphatic carboxylic acids is 1. The number of piperidine rings is 1. The van der Waals surface area contributed by atoms with Crippen molar-refractivity contribution in [3.05, 3.63) is 11.7 Å².